The number of carbonyl (C=O) groups excluding carboxylic acids is 1. The number of hydrogen-bond donors (Lipinski definition) is 2. The highest BCUT2D eigenvalue weighted by Crippen LogP contribution is 2.23. The first-order chi connectivity index (χ1) is 9.60. The van der Waals surface area contributed by atoms with Crippen LogP contribution in [0.25, 0.3) is 0 Å². The molecule has 0 saturated carbocycles. The highest BCUT2D eigenvalue weighted by molar-refractivity contribution is 5.93. The van der Waals surface area contributed by atoms with Crippen molar-refractivity contribution in [3.63, 3.8) is 0 Å². The Morgan fingerprint density at radius 2 is 2.25 bits per heavy atom. The van der Waals surface area contributed by atoms with Gasteiger partial charge in [-0.2, -0.15) is 0 Å². The minimum absolute atomic E-state index is 0.0165. The number of piperidine rings is 1. The summed E-state index contributed by atoms with van der Waals surface area (Å²) in [4.78, 5) is 14.2. The number of rotatable bonds is 4. The Morgan fingerprint density at radius 3 is 2.95 bits per heavy atom. The van der Waals surface area contributed by atoms with Gasteiger partial charge in [0.1, 0.15) is 5.75 Å². The van der Waals surface area contributed by atoms with Gasteiger partial charge in [0.25, 0.3) is 0 Å². The molecule has 1 saturated heterocycles. The van der Waals surface area contributed by atoms with Crippen LogP contribution in [0.2, 0.25) is 0 Å². The third-order valence-corrected chi connectivity index (χ3v) is 3.80. The largest absolute Gasteiger partial charge is 0.495 e. The van der Waals surface area contributed by atoms with Crippen LogP contribution in [-0.2, 0) is 4.79 Å². The number of nitrogens with two attached hydrogens (primary N) is 1. The van der Waals surface area contributed by atoms with E-state index in [4.69, 9.17) is 10.5 Å². The summed E-state index contributed by atoms with van der Waals surface area (Å²) in [7, 11) is 1.60. The number of amides is 1. The number of methoxy groups -OCH3 is 1. The first kappa shape index (κ1) is 14.8. The predicted molar refractivity (Wildman–Crippen MR) is 79.8 cm³/mol. The van der Waals surface area contributed by atoms with Gasteiger partial charge in [0.2, 0.25) is 5.91 Å². The molecule has 0 aliphatic carbocycles. The number of anilines is 1. The van der Waals surface area contributed by atoms with Crippen LogP contribution in [0.1, 0.15) is 13.3 Å². The van der Waals surface area contributed by atoms with E-state index in [1.54, 1.807) is 7.11 Å². The number of carbonyl (C=O) groups is 1. The molecule has 3 N–H and O–H groups in total. The molecule has 1 fully saturated rings. The van der Waals surface area contributed by atoms with E-state index < -0.39 is 0 Å². The van der Waals surface area contributed by atoms with Gasteiger partial charge in [-0.1, -0.05) is 19.1 Å². The van der Waals surface area contributed by atoms with E-state index in [0.717, 1.165) is 19.5 Å². The fraction of sp³-hybridized carbons (Fsp3) is 0.533. The van der Waals surface area contributed by atoms with Crippen molar-refractivity contribution in [1.29, 1.82) is 0 Å². The summed E-state index contributed by atoms with van der Waals surface area (Å²) in [6.07, 6.45) is 0.948. The number of para-hydroxylation sites is 2. The third kappa shape index (κ3) is 3.71. The second-order valence-electron chi connectivity index (χ2n) is 5.41. The highest BCUT2D eigenvalue weighted by Gasteiger charge is 2.24. The molecular formula is C15H23N3O2. The Hall–Kier alpha value is -1.59. The fourth-order valence-electron chi connectivity index (χ4n) is 2.53. The average Bonchev–Trinajstić information content (AvgIpc) is 2.43. The Kier molecular flexibility index (Phi) is 4.98. The number of benzene rings is 1. The Labute approximate surface area is 120 Å². The second-order valence-corrected chi connectivity index (χ2v) is 5.41. The van der Waals surface area contributed by atoms with Gasteiger partial charge in [0.15, 0.2) is 0 Å². The lowest BCUT2D eigenvalue weighted by atomic mass is 9.95. The van der Waals surface area contributed by atoms with Gasteiger partial charge in [0.05, 0.1) is 19.3 Å². The molecule has 110 valence electrons. The van der Waals surface area contributed by atoms with Crippen LogP contribution in [0.5, 0.6) is 5.75 Å². The first-order valence-electron chi connectivity index (χ1n) is 7.01. The Balaban J connectivity index is 1.89. The molecule has 1 amide bonds. The quantitative estimate of drug-likeness (QED) is 0.870. The molecule has 1 aromatic carbocycles. The van der Waals surface area contributed by atoms with E-state index in [9.17, 15) is 4.79 Å². The van der Waals surface area contributed by atoms with Crippen LogP contribution in [0, 0.1) is 5.92 Å². The normalized spacial score (nSPS) is 23.4. The van der Waals surface area contributed by atoms with Gasteiger partial charge in [-0.15, -0.1) is 0 Å². The lowest BCUT2D eigenvalue weighted by Crippen LogP contribution is -2.48. The topological polar surface area (TPSA) is 67.6 Å². The molecule has 2 unspecified atom stereocenters. The van der Waals surface area contributed by atoms with Crippen molar-refractivity contribution < 1.29 is 9.53 Å². The zero-order valence-electron chi connectivity index (χ0n) is 12.1. The SMILES string of the molecule is COc1ccccc1NC(=O)CN1CCC(N)C(C)C1. The Bertz CT molecular complexity index is 464. The summed E-state index contributed by atoms with van der Waals surface area (Å²) in [5.41, 5.74) is 6.70. The van der Waals surface area contributed by atoms with Gasteiger partial charge in [-0.05, 0) is 24.5 Å². The summed E-state index contributed by atoms with van der Waals surface area (Å²) >= 11 is 0. The minimum Gasteiger partial charge on any atom is -0.495 e. The summed E-state index contributed by atoms with van der Waals surface area (Å²) in [5, 5.41) is 2.90. The molecule has 2 atom stereocenters. The number of likely N-dealkylation sites (tertiary alicyclic amines) is 1. The van der Waals surface area contributed by atoms with Crippen LogP contribution < -0.4 is 15.8 Å². The van der Waals surface area contributed by atoms with E-state index in [-0.39, 0.29) is 11.9 Å². The molecule has 20 heavy (non-hydrogen) atoms. The van der Waals surface area contributed by atoms with Crippen molar-refractivity contribution >= 4 is 11.6 Å². The van der Waals surface area contributed by atoms with Crippen molar-refractivity contribution in [2.45, 2.75) is 19.4 Å². The monoisotopic (exact) mass is 277 g/mol. The summed E-state index contributed by atoms with van der Waals surface area (Å²) < 4.78 is 5.22. The van der Waals surface area contributed by atoms with Crippen molar-refractivity contribution in [2.75, 3.05) is 32.1 Å². The molecule has 1 aromatic rings. The van der Waals surface area contributed by atoms with Gasteiger partial charge >= 0.3 is 0 Å². The lowest BCUT2D eigenvalue weighted by Gasteiger charge is -2.34. The third-order valence-electron chi connectivity index (χ3n) is 3.80. The van der Waals surface area contributed by atoms with Crippen LogP contribution in [0.3, 0.4) is 0 Å². The van der Waals surface area contributed by atoms with Crippen LogP contribution in [-0.4, -0.2) is 43.6 Å². The molecule has 5 nitrogen and oxygen atoms in total. The van der Waals surface area contributed by atoms with E-state index in [2.05, 4.69) is 17.1 Å². The maximum Gasteiger partial charge on any atom is 0.238 e. The summed E-state index contributed by atoms with van der Waals surface area (Å²) in [5.74, 6) is 1.09. The molecule has 0 spiro atoms. The first-order valence-corrected chi connectivity index (χ1v) is 7.01. The molecule has 2 rings (SSSR count). The smallest absolute Gasteiger partial charge is 0.238 e. The number of hydrogen-bond acceptors (Lipinski definition) is 4. The van der Waals surface area contributed by atoms with Gasteiger partial charge < -0.3 is 15.8 Å². The van der Waals surface area contributed by atoms with Gasteiger partial charge in [-0.3, -0.25) is 9.69 Å². The predicted octanol–water partition coefficient (Wildman–Crippen LogP) is 1.30. The van der Waals surface area contributed by atoms with E-state index in [1.165, 1.54) is 0 Å². The van der Waals surface area contributed by atoms with Crippen LogP contribution >= 0.6 is 0 Å². The molecule has 0 bridgehead atoms. The summed E-state index contributed by atoms with van der Waals surface area (Å²) in [6, 6.07) is 7.68. The number of nitrogens with zero attached hydrogens (tertiary/aromatic N) is 1. The molecular weight excluding hydrogens is 254 g/mol. The van der Waals surface area contributed by atoms with Gasteiger partial charge in [0, 0.05) is 19.1 Å². The molecule has 1 heterocycles. The van der Waals surface area contributed by atoms with Crippen molar-refractivity contribution in [3.05, 3.63) is 24.3 Å². The maximum absolute atomic E-state index is 12.1. The summed E-state index contributed by atoms with van der Waals surface area (Å²) in [6.45, 7) is 4.29. The van der Waals surface area contributed by atoms with Crippen LogP contribution in [0.4, 0.5) is 5.69 Å². The van der Waals surface area contributed by atoms with E-state index in [1.807, 2.05) is 24.3 Å². The number of nitrogens with one attached hydrogen (secondary N) is 1. The fourth-order valence-corrected chi connectivity index (χ4v) is 2.53. The van der Waals surface area contributed by atoms with Crippen LogP contribution in [0.15, 0.2) is 24.3 Å². The molecule has 0 radical (unpaired) electrons. The standard InChI is InChI=1S/C15H23N3O2/c1-11-9-18(8-7-12(11)16)10-15(19)17-13-5-3-4-6-14(13)20-2/h3-6,11-12H,7-10,16H2,1-2H3,(H,17,19). The van der Waals surface area contributed by atoms with Crippen molar-refractivity contribution in [1.82, 2.24) is 4.90 Å². The lowest BCUT2D eigenvalue weighted by molar-refractivity contribution is -0.117. The zero-order chi connectivity index (χ0) is 14.5. The average molecular weight is 277 g/mol. The molecule has 1 aliphatic heterocycles. The van der Waals surface area contributed by atoms with E-state index in [0.29, 0.717) is 23.9 Å². The van der Waals surface area contributed by atoms with Crippen molar-refractivity contribution in [3.8, 4) is 5.75 Å². The zero-order valence-corrected chi connectivity index (χ0v) is 12.1. The molecule has 0 aromatic heterocycles. The minimum atomic E-state index is -0.0165. The van der Waals surface area contributed by atoms with E-state index >= 15 is 0 Å². The highest BCUT2D eigenvalue weighted by atomic mass is 16.5. The Morgan fingerprint density at radius 1 is 1.50 bits per heavy atom. The van der Waals surface area contributed by atoms with Crippen molar-refractivity contribution in [2.24, 2.45) is 11.7 Å². The second kappa shape index (κ2) is 6.72. The number of ether oxygens (including phenoxy) is 1. The van der Waals surface area contributed by atoms with Gasteiger partial charge in [-0.25, -0.2) is 0 Å². The molecule has 1 aliphatic rings. The molecule has 5 heteroatoms. The maximum atomic E-state index is 12.1.